The number of esters is 1. The number of hydrogen-bond acceptors (Lipinski definition) is 5. The van der Waals surface area contributed by atoms with Gasteiger partial charge in [-0.05, 0) is 70.6 Å². The lowest BCUT2D eigenvalue weighted by molar-refractivity contribution is -0.151. The molecule has 6 nitrogen and oxygen atoms in total. The number of allylic oxidation sites excluding steroid dienone is 8. The molecule has 3 atom stereocenters. The number of rotatable bonds is 40. The first-order valence-electron chi connectivity index (χ1n) is 22.9. The minimum absolute atomic E-state index is 0.0511. The van der Waals surface area contributed by atoms with E-state index in [2.05, 4.69) is 62.5 Å². The fourth-order valence-electron chi connectivity index (χ4n) is 6.72. The molecule has 0 heterocycles. The van der Waals surface area contributed by atoms with Crippen LogP contribution in [0.2, 0.25) is 0 Å². The molecule has 0 spiro atoms. The van der Waals surface area contributed by atoms with Gasteiger partial charge in [0.05, 0.1) is 25.2 Å². The van der Waals surface area contributed by atoms with Crippen molar-refractivity contribution < 1.29 is 24.5 Å². The predicted octanol–water partition coefficient (Wildman–Crippen LogP) is 13.1. The maximum atomic E-state index is 13.1. The zero-order chi connectivity index (χ0) is 39.6. The lowest BCUT2D eigenvalue weighted by Crippen LogP contribution is -2.46. The lowest BCUT2D eigenvalue weighted by Gasteiger charge is -2.24. The second-order valence-electron chi connectivity index (χ2n) is 15.5. The highest BCUT2D eigenvalue weighted by Gasteiger charge is 2.24. The van der Waals surface area contributed by atoms with Gasteiger partial charge in [-0.2, -0.15) is 0 Å². The highest BCUT2D eigenvalue weighted by atomic mass is 16.5. The van der Waals surface area contributed by atoms with E-state index in [1.165, 1.54) is 96.3 Å². The van der Waals surface area contributed by atoms with Crippen LogP contribution in [-0.4, -0.2) is 46.9 Å². The summed E-state index contributed by atoms with van der Waals surface area (Å²) < 4.78 is 5.87. The van der Waals surface area contributed by atoms with E-state index in [1.54, 1.807) is 0 Å². The number of ether oxygens (including phenoxy) is 1. The fraction of sp³-hybridized carbons (Fsp3) is 0.792. The summed E-state index contributed by atoms with van der Waals surface area (Å²) in [7, 11) is 0. The highest BCUT2D eigenvalue weighted by Crippen LogP contribution is 2.17. The van der Waals surface area contributed by atoms with Gasteiger partial charge in [0.15, 0.2) is 0 Å². The molecule has 3 unspecified atom stereocenters. The number of unbranched alkanes of at least 4 members (excludes halogenated alkanes) is 22. The van der Waals surface area contributed by atoms with Crippen molar-refractivity contribution in [3.8, 4) is 0 Å². The summed E-state index contributed by atoms with van der Waals surface area (Å²) in [6.45, 7) is 6.29. The molecule has 0 rings (SSSR count). The summed E-state index contributed by atoms with van der Waals surface area (Å²) in [5.74, 6) is -0.521. The van der Waals surface area contributed by atoms with Crippen molar-refractivity contribution in [2.24, 2.45) is 0 Å². The number of carbonyl (C=O) groups excluding carboxylic acids is 2. The van der Waals surface area contributed by atoms with Crippen molar-refractivity contribution in [2.75, 3.05) is 6.61 Å². The first-order valence-corrected chi connectivity index (χ1v) is 22.9. The number of nitrogens with one attached hydrogen (secondary N) is 1. The molecule has 0 bridgehead atoms. The van der Waals surface area contributed by atoms with Gasteiger partial charge in [-0.3, -0.25) is 9.59 Å². The second kappa shape index (κ2) is 42.0. The summed E-state index contributed by atoms with van der Waals surface area (Å²) in [6, 6.07) is -0.712. The van der Waals surface area contributed by atoms with Crippen molar-refractivity contribution in [1.29, 1.82) is 0 Å². The SMILES string of the molecule is CC/C=C/C=C/C=C\CCCCCC(CC(=O)NC(CO)C(O)CCCCCCCCCCCCCC)OC(=O)CCCCCCC/C=C\CCCCC. The highest BCUT2D eigenvalue weighted by molar-refractivity contribution is 5.77. The Hall–Kier alpha value is -2.18. The van der Waals surface area contributed by atoms with Crippen molar-refractivity contribution in [3.63, 3.8) is 0 Å². The number of hydrogen-bond donors (Lipinski definition) is 3. The molecule has 314 valence electrons. The molecule has 0 aliphatic rings. The minimum atomic E-state index is -0.796. The van der Waals surface area contributed by atoms with Crippen LogP contribution in [0, 0.1) is 0 Å². The molecule has 0 aliphatic heterocycles. The molecule has 0 saturated carbocycles. The molecule has 0 aromatic rings. The monoisotopic (exact) mass is 758 g/mol. The van der Waals surface area contributed by atoms with Gasteiger partial charge >= 0.3 is 5.97 Å². The standard InChI is InChI=1S/C48H87NO5/c1-4-7-10-13-16-19-22-25-28-31-34-37-40-46(51)45(43-50)49-47(52)42-44(39-36-33-30-27-24-21-18-15-12-9-6-3)54-48(53)41-38-35-32-29-26-23-20-17-14-11-8-5-2/h9,12,15,17-18,20-21,24,44-46,50-51H,4-8,10-11,13-14,16,19,22-23,25-43H2,1-3H3,(H,49,52)/b12-9+,18-15+,20-17-,24-21-. The van der Waals surface area contributed by atoms with Gasteiger partial charge in [-0.1, -0.05) is 185 Å². The molecular formula is C48H87NO5. The Balaban J connectivity index is 4.63. The number of amides is 1. The van der Waals surface area contributed by atoms with E-state index >= 15 is 0 Å². The van der Waals surface area contributed by atoms with Gasteiger partial charge in [0, 0.05) is 6.42 Å². The van der Waals surface area contributed by atoms with Crippen LogP contribution in [0.5, 0.6) is 0 Å². The van der Waals surface area contributed by atoms with Crippen LogP contribution in [0.15, 0.2) is 48.6 Å². The van der Waals surface area contributed by atoms with Gasteiger partial charge in [0.1, 0.15) is 6.10 Å². The van der Waals surface area contributed by atoms with Gasteiger partial charge in [0.25, 0.3) is 0 Å². The maximum absolute atomic E-state index is 13.1. The Morgan fingerprint density at radius 1 is 0.556 bits per heavy atom. The fourth-order valence-corrected chi connectivity index (χ4v) is 6.72. The molecule has 0 radical (unpaired) electrons. The second-order valence-corrected chi connectivity index (χ2v) is 15.5. The number of carbonyl (C=O) groups is 2. The van der Waals surface area contributed by atoms with Crippen molar-refractivity contribution in [3.05, 3.63) is 48.6 Å². The van der Waals surface area contributed by atoms with E-state index in [0.29, 0.717) is 19.3 Å². The summed E-state index contributed by atoms with van der Waals surface area (Å²) >= 11 is 0. The predicted molar refractivity (Wildman–Crippen MR) is 232 cm³/mol. The Bertz CT molecular complexity index is 941. The Kier molecular flexibility index (Phi) is 40.3. The molecule has 3 N–H and O–H groups in total. The van der Waals surface area contributed by atoms with Crippen LogP contribution in [0.1, 0.15) is 220 Å². The first kappa shape index (κ1) is 51.8. The van der Waals surface area contributed by atoms with Crippen molar-refractivity contribution in [2.45, 2.75) is 238 Å². The van der Waals surface area contributed by atoms with E-state index in [1.807, 2.05) is 12.2 Å². The van der Waals surface area contributed by atoms with Crippen LogP contribution >= 0.6 is 0 Å². The van der Waals surface area contributed by atoms with Crippen molar-refractivity contribution >= 4 is 11.9 Å². The van der Waals surface area contributed by atoms with Gasteiger partial charge < -0.3 is 20.3 Å². The van der Waals surface area contributed by atoms with E-state index < -0.39 is 18.2 Å². The third-order valence-corrected chi connectivity index (χ3v) is 10.2. The molecule has 0 aliphatic carbocycles. The minimum Gasteiger partial charge on any atom is -0.462 e. The number of aliphatic hydroxyl groups excluding tert-OH is 2. The quantitative estimate of drug-likeness (QED) is 0.0250. The van der Waals surface area contributed by atoms with E-state index in [4.69, 9.17) is 4.74 Å². The van der Waals surface area contributed by atoms with Crippen LogP contribution in [0.25, 0.3) is 0 Å². The van der Waals surface area contributed by atoms with Crippen molar-refractivity contribution in [1.82, 2.24) is 5.32 Å². The normalized spacial score (nSPS) is 13.8. The lowest BCUT2D eigenvalue weighted by atomic mass is 10.0. The molecule has 6 heteroatoms. The van der Waals surface area contributed by atoms with E-state index in [9.17, 15) is 19.8 Å². The van der Waals surface area contributed by atoms with Gasteiger partial charge in [0.2, 0.25) is 5.91 Å². The summed E-state index contributed by atoms with van der Waals surface area (Å²) in [5, 5.41) is 23.6. The Labute approximate surface area is 334 Å². The molecule has 0 aromatic heterocycles. The van der Waals surface area contributed by atoms with Gasteiger partial charge in [-0.15, -0.1) is 0 Å². The molecular weight excluding hydrogens is 671 g/mol. The third-order valence-electron chi connectivity index (χ3n) is 10.2. The topological polar surface area (TPSA) is 95.9 Å². The van der Waals surface area contributed by atoms with Gasteiger partial charge in [-0.25, -0.2) is 0 Å². The average Bonchev–Trinajstić information content (AvgIpc) is 3.16. The maximum Gasteiger partial charge on any atom is 0.306 e. The zero-order valence-corrected chi connectivity index (χ0v) is 35.6. The molecule has 54 heavy (non-hydrogen) atoms. The molecule has 0 saturated heterocycles. The largest absolute Gasteiger partial charge is 0.462 e. The zero-order valence-electron chi connectivity index (χ0n) is 35.6. The first-order chi connectivity index (χ1) is 26.5. The van der Waals surface area contributed by atoms with E-state index in [-0.39, 0.29) is 24.9 Å². The Morgan fingerprint density at radius 2 is 1.02 bits per heavy atom. The van der Waals surface area contributed by atoms with Crippen LogP contribution in [0.4, 0.5) is 0 Å². The number of aliphatic hydroxyl groups is 2. The molecule has 0 aromatic carbocycles. The molecule has 1 amide bonds. The van der Waals surface area contributed by atoms with Crippen LogP contribution in [-0.2, 0) is 14.3 Å². The third kappa shape index (κ3) is 36.8. The van der Waals surface area contributed by atoms with E-state index in [0.717, 1.165) is 77.0 Å². The molecule has 0 fully saturated rings. The summed E-state index contributed by atoms with van der Waals surface area (Å²) in [5.41, 5.74) is 0. The summed E-state index contributed by atoms with van der Waals surface area (Å²) in [4.78, 5) is 25.9. The summed E-state index contributed by atoms with van der Waals surface area (Å²) in [6.07, 6.45) is 48.8. The van der Waals surface area contributed by atoms with Crippen LogP contribution < -0.4 is 5.32 Å². The Morgan fingerprint density at radius 3 is 1.61 bits per heavy atom. The van der Waals surface area contributed by atoms with Crippen LogP contribution in [0.3, 0.4) is 0 Å². The smallest absolute Gasteiger partial charge is 0.306 e. The average molecular weight is 758 g/mol.